The van der Waals surface area contributed by atoms with Gasteiger partial charge in [0.1, 0.15) is 0 Å². The van der Waals surface area contributed by atoms with Gasteiger partial charge in [-0.2, -0.15) is 0 Å². The molecule has 6 heteroatoms. The number of carbonyl (C=O) groups excluding carboxylic acids is 1. The molecule has 20 heavy (non-hydrogen) atoms. The summed E-state index contributed by atoms with van der Waals surface area (Å²) in [4.78, 5) is 25.4. The fourth-order valence-corrected chi connectivity index (χ4v) is 2.33. The minimum atomic E-state index is -0.306. The molecule has 0 spiro atoms. The van der Waals surface area contributed by atoms with Gasteiger partial charge in [0, 0.05) is 34.4 Å². The topological polar surface area (TPSA) is 62.0 Å². The molecule has 0 fully saturated rings. The Morgan fingerprint density at radius 1 is 1.15 bits per heavy atom. The maximum absolute atomic E-state index is 11.8. The van der Waals surface area contributed by atoms with E-state index in [9.17, 15) is 9.59 Å². The van der Waals surface area contributed by atoms with E-state index in [1.54, 1.807) is 24.3 Å². The molecule has 4 nitrogen and oxygen atoms in total. The van der Waals surface area contributed by atoms with Gasteiger partial charge in [-0.15, -0.1) is 0 Å². The van der Waals surface area contributed by atoms with Gasteiger partial charge in [-0.1, -0.05) is 23.2 Å². The Hall–Kier alpha value is -1.78. The summed E-state index contributed by atoms with van der Waals surface area (Å²) in [7, 11) is 0. The van der Waals surface area contributed by atoms with E-state index in [2.05, 4.69) is 10.3 Å². The zero-order chi connectivity index (χ0) is 14.5. The van der Waals surface area contributed by atoms with Gasteiger partial charge >= 0.3 is 0 Å². The summed E-state index contributed by atoms with van der Waals surface area (Å²) in [6, 6.07) is 8.06. The quantitative estimate of drug-likeness (QED) is 0.912. The Morgan fingerprint density at radius 3 is 2.50 bits per heavy atom. The van der Waals surface area contributed by atoms with Crippen LogP contribution in [0.2, 0.25) is 10.0 Å². The second kappa shape index (κ2) is 6.59. The number of hydrogen-bond acceptors (Lipinski definition) is 2. The lowest BCUT2D eigenvalue weighted by molar-refractivity contribution is 0.0954. The molecule has 2 aromatic rings. The van der Waals surface area contributed by atoms with Crippen molar-refractivity contribution in [3.63, 3.8) is 0 Å². The van der Waals surface area contributed by atoms with Crippen molar-refractivity contribution in [2.45, 2.75) is 6.42 Å². The molecule has 0 aliphatic rings. The van der Waals surface area contributed by atoms with Gasteiger partial charge in [0.05, 0.1) is 0 Å². The van der Waals surface area contributed by atoms with E-state index in [0.717, 1.165) is 5.56 Å². The molecule has 0 saturated heterocycles. The molecule has 0 atom stereocenters. The zero-order valence-electron chi connectivity index (χ0n) is 10.5. The van der Waals surface area contributed by atoms with E-state index in [4.69, 9.17) is 23.2 Å². The molecule has 2 N–H and O–H groups in total. The molecule has 2 rings (SSSR count). The summed E-state index contributed by atoms with van der Waals surface area (Å²) in [6.45, 7) is 0.433. The van der Waals surface area contributed by atoms with Gasteiger partial charge in [0.15, 0.2) is 0 Å². The first-order valence-electron chi connectivity index (χ1n) is 5.96. The molecular formula is C14H12Cl2N2O2. The number of benzene rings is 1. The van der Waals surface area contributed by atoms with Crippen molar-refractivity contribution >= 4 is 29.1 Å². The van der Waals surface area contributed by atoms with Crippen molar-refractivity contribution in [2.75, 3.05) is 6.54 Å². The molecule has 0 bridgehead atoms. The zero-order valence-corrected chi connectivity index (χ0v) is 12.0. The van der Waals surface area contributed by atoms with Crippen LogP contribution in [0.4, 0.5) is 0 Å². The first kappa shape index (κ1) is 14.6. The van der Waals surface area contributed by atoms with Crippen molar-refractivity contribution in [1.29, 1.82) is 0 Å². The third-order valence-corrected chi connectivity index (χ3v) is 3.10. The van der Waals surface area contributed by atoms with Crippen LogP contribution in [0.15, 0.2) is 41.3 Å². The maximum atomic E-state index is 11.8. The molecule has 0 aliphatic carbocycles. The van der Waals surface area contributed by atoms with Crippen molar-refractivity contribution in [3.8, 4) is 0 Å². The van der Waals surface area contributed by atoms with Gasteiger partial charge in [-0.3, -0.25) is 9.59 Å². The lowest BCUT2D eigenvalue weighted by atomic mass is 10.1. The Balaban J connectivity index is 1.92. The molecule has 1 amide bonds. The summed E-state index contributed by atoms with van der Waals surface area (Å²) in [5, 5.41) is 3.86. The Morgan fingerprint density at radius 2 is 1.85 bits per heavy atom. The molecule has 1 heterocycles. The first-order chi connectivity index (χ1) is 9.54. The number of hydrogen-bond donors (Lipinski definition) is 2. The van der Waals surface area contributed by atoms with Crippen LogP contribution < -0.4 is 10.9 Å². The molecule has 0 unspecified atom stereocenters. The predicted octanol–water partition coefficient (Wildman–Crippen LogP) is 2.65. The van der Waals surface area contributed by atoms with Crippen molar-refractivity contribution < 1.29 is 4.79 Å². The average molecular weight is 311 g/mol. The Bertz CT molecular complexity index is 663. The number of pyridine rings is 1. The van der Waals surface area contributed by atoms with E-state index in [1.165, 1.54) is 12.3 Å². The second-order valence-electron chi connectivity index (χ2n) is 4.23. The smallest absolute Gasteiger partial charge is 0.251 e. The monoisotopic (exact) mass is 310 g/mol. The molecular weight excluding hydrogens is 299 g/mol. The number of rotatable bonds is 4. The van der Waals surface area contributed by atoms with E-state index < -0.39 is 0 Å². The van der Waals surface area contributed by atoms with Crippen LogP contribution in [0.1, 0.15) is 15.9 Å². The van der Waals surface area contributed by atoms with Gasteiger partial charge in [-0.05, 0) is 36.2 Å². The number of aromatic amines is 1. The standard InChI is InChI=1S/C14H12Cl2N2O2/c15-11-5-9(6-12(16)8-11)1-3-18-14(20)10-2-4-17-13(19)7-10/h2,4-8H,1,3H2,(H,17,19)(H,18,20). The summed E-state index contributed by atoms with van der Waals surface area (Å²) in [5.41, 5.74) is 0.964. The number of nitrogens with one attached hydrogen (secondary N) is 2. The Kier molecular flexibility index (Phi) is 4.82. The highest BCUT2D eigenvalue weighted by atomic mass is 35.5. The van der Waals surface area contributed by atoms with E-state index in [1.807, 2.05) is 0 Å². The number of amides is 1. The van der Waals surface area contributed by atoms with Crippen LogP contribution in [0, 0.1) is 0 Å². The maximum Gasteiger partial charge on any atom is 0.251 e. The summed E-state index contributed by atoms with van der Waals surface area (Å²) in [5.74, 6) is -0.288. The molecule has 1 aromatic heterocycles. The summed E-state index contributed by atoms with van der Waals surface area (Å²) < 4.78 is 0. The van der Waals surface area contributed by atoms with Crippen LogP contribution in [-0.2, 0) is 6.42 Å². The van der Waals surface area contributed by atoms with Crippen molar-refractivity contribution in [2.24, 2.45) is 0 Å². The van der Waals surface area contributed by atoms with Crippen molar-refractivity contribution in [1.82, 2.24) is 10.3 Å². The number of halogens is 2. The highest BCUT2D eigenvalue weighted by molar-refractivity contribution is 6.34. The number of aromatic nitrogens is 1. The molecule has 0 saturated carbocycles. The number of carbonyl (C=O) groups is 1. The Labute approximate surface area is 125 Å². The molecule has 1 aromatic carbocycles. The number of H-pyrrole nitrogens is 1. The largest absolute Gasteiger partial charge is 0.352 e. The third-order valence-electron chi connectivity index (χ3n) is 2.66. The van der Waals surface area contributed by atoms with E-state index in [-0.39, 0.29) is 11.5 Å². The van der Waals surface area contributed by atoms with Gasteiger partial charge in [-0.25, -0.2) is 0 Å². The van der Waals surface area contributed by atoms with Crippen LogP contribution in [-0.4, -0.2) is 17.4 Å². The van der Waals surface area contributed by atoms with Gasteiger partial charge < -0.3 is 10.3 Å². The van der Waals surface area contributed by atoms with E-state index >= 15 is 0 Å². The molecule has 104 valence electrons. The van der Waals surface area contributed by atoms with Gasteiger partial charge in [0.25, 0.3) is 5.91 Å². The van der Waals surface area contributed by atoms with E-state index in [0.29, 0.717) is 28.6 Å². The van der Waals surface area contributed by atoms with Crippen LogP contribution in [0.3, 0.4) is 0 Å². The third kappa shape index (κ3) is 4.11. The van der Waals surface area contributed by atoms with Crippen LogP contribution >= 0.6 is 23.2 Å². The van der Waals surface area contributed by atoms with Crippen LogP contribution in [0.25, 0.3) is 0 Å². The van der Waals surface area contributed by atoms with Gasteiger partial charge in [0.2, 0.25) is 5.56 Å². The fraction of sp³-hybridized carbons (Fsp3) is 0.143. The highest BCUT2D eigenvalue weighted by Crippen LogP contribution is 2.19. The molecule has 0 aliphatic heterocycles. The fourth-order valence-electron chi connectivity index (χ4n) is 1.76. The average Bonchev–Trinajstić information content (AvgIpc) is 2.37. The molecule has 0 radical (unpaired) electrons. The SMILES string of the molecule is O=C(NCCc1cc(Cl)cc(Cl)c1)c1cc[nH]c(=O)c1. The minimum absolute atomic E-state index is 0.288. The summed E-state index contributed by atoms with van der Waals surface area (Å²) in [6.07, 6.45) is 2.04. The van der Waals surface area contributed by atoms with Crippen molar-refractivity contribution in [3.05, 3.63) is 68.1 Å². The predicted molar refractivity (Wildman–Crippen MR) is 79.6 cm³/mol. The summed E-state index contributed by atoms with van der Waals surface area (Å²) >= 11 is 11.8. The second-order valence-corrected chi connectivity index (χ2v) is 5.10. The normalized spacial score (nSPS) is 10.3. The lowest BCUT2D eigenvalue weighted by Crippen LogP contribution is -2.26. The lowest BCUT2D eigenvalue weighted by Gasteiger charge is -2.06. The minimum Gasteiger partial charge on any atom is -0.352 e. The highest BCUT2D eigenvalue weighted by Gasteiger charge is 2.05. The van der Waals surface area contributed by atoms with Crippen LogP contribution in [0.5, 0.6) is 0 Å². The first-order valence-corrected chi connectivity index (χ1v) is 6.72.